The molecule has 3 fully saturated rings. The first-order valence-electron chi connectivity index (χ1n) is 13.1. The Bertz CT molecular complexity index is 1400. The van der Waals surface area contributed by atoms with Gasteiger partial charge in [-0.2, -0.15) is 4.72 Å². The molecule has 1 saturated carbocycles. The van der Waals surface area contributed by atoms with Crippen LogP contribution in [-0.4, -0.2) is 76.6 Å². The van der Waals surface area contributed by atoms with Gasteiger partial charge in [0, 0.05) is 49.9 Å². The van der Waals surface area contributed by atoms with Crippen molar-refractivity contribution in [3.8, 4) is 0 Å². The summed E-state index contributed by atoms with van der Waals surface area (Å²) in [4.78, 5) is 4.38. The molecule has 0 unspecified atom stereocenters. The van der Waals surface area contributed by atoms with Crippen LogP contribution < -0.4 is 10.0 Å². The second kappa shape index (κ2) is 10.5. The van der Waals surface area contributed by atoms with E-state index in [4.69, 9.17) is 21.1 Å². The molecule has 5 rings (SSSR count). The van der Waals surface area contributed by atoms with Crippen LogP contribution in [0, 0.1) is 5.92 Å². The zero-order valence-electron chi connectivity index (χ0n) is 21.7. The van der Waals surface area contributed by atoms with Gasteiger partial charge in [0.25, 0.3) is 0 Å². The number of benzene rings is 1. The molecule has 2 saturated heterocycles. The number of sulfonamides is 2. The Hall–Kier alpha value is -1.54. The van der Waals surface area contributed by atoms with Crippen LogP contribution in [-0.2, 0) is 29.5 Å². The molecule has 0 amide bonds. The molecule has 13 heteroatoms. The number of fused-ring (bicyclic) bond motifs is 2. The van der Waals surface area contributed by atoms with Crippen molar-refractivity contribution in [1.82, 2.24) is 14.0 Å². The Morgan fingerprint density at radius 1 is 1.16 bits per heavy atom. The maximum absolute atomic E-state index is 13.9. The number of ether oxygens (including phenoxy) is 2. The first-order chi connectivity index (χ1) is 18.0. The van der Waals surface area contributed by atoms with Crippen LogP contribution >= 0.6 is 11.6 Å². The summed E-state index contributed by atoms with van der Waals surface area (Å²) in [5.74, 6) is -0.678. The number of nitrogens with zero attached hydrogens (tertiary/aromatic N) is 2. The molecule has 38 heavy (non-hydrogen) atoms. The summed E-state index contributed by atoms with van der Waals surface area (Å²) < 4.78 is 67.9. The van der Waals surface area contributed by atoms with Crippen LogP contribution in [0.25, 0.3) is 10.9 Å². The monoisotopic (exact) mass is 586 g/mol. The van der Waals surface area contributed by atoms with E-state index in [9.17, 15) is 16.8 Å². The lowest BCUT2D eigenvalue weighted by Crippen LogP contribution is -2.59. The summed E-state index contributed by atoms with van der Waals surface area (Å²) >= 11 is 6.52. The van der Waals surface area contributed by atoms with Crippen LogP contribution in [0.2, 0.25) is 5.02 Å². The maximum atomic E-state index is 13.9. The van der Waals surface area contributed by atoms with Crippen molar-refractivity contribution in [1.29, 1.82) is 0 Å². The molecule has 3 heterocycles. The molecule has 1 aromatic heterocycles. The molecule has 10 nitrogen and oxygen atoms in total. The largest absolute Gasteiger partial charge is 0.384 e. The summed E-state index contributed by atoms with van der Waals surface area (Å²) in [6, 6.07) is 5.17. The first kappa shape index (κ1) is 28.0. The SMILES string of the molecule is CCO[C@]12CCC[C@@]1(NS(=O)(=O)c1c(Cl)ccc3c(NCC4CCN(S(C)(=O)=O)CC4)ccnc13)CCO2. The zero-order chi connectivity index (χ0) is 27.2. The van der Waals surface area contributed by atoms with E-state index < -0.39 is 31.4 Å². The van der Waals surface area contributed by atoms with Crippen LogP contribution in [0.15, 0.2) is 29.3 Å². The van der Waals surface area contributed by atoms with Gasteiger partial charge in [-0.3, -0.25) is 4.98 Å². The van der Waals surface area contributed by atoms with Gasteiger partial charge in [0.1, 0.15) is 4.90 Å². The third-order valence-corrected chi connectivity index (χ3v) is 11.5. The van der Waals surface area contributed by atoms with Crippen LogP contribution in [0.3, 0.4) is 0 Å². The van der Waals surface area contributed by atoms with E-state index in [1.807, 2.05) is 13.0 Å². The average molecular weight is 587 g/mol. The number of pyridine rings is 1. The predicted octanol–water partition coefficient (Wildman–Crippen LogP) is 3.33. The standard InChI is InChI=1S/C25H35ClN4O6S2/c1-3-35-25-11-4-10-24(25,12-16-36-25)29-38(33,34)23-20(26)6-5-19-21(7-13-27-22(19)23)28-17-18-8-14-30(15-9-18)37(2,31)32/h5-7,13,18,29H,3-4,8-12,14-17H2,1-2H3,(H,27,28)/t24-,25+/m1/s1. The molecule has 0 spiro atoms. The van der Waals surface area contributed by atoms with Gasteiger partial charge in [-0.05, 0) is 63.1 Å². The number of hydrogen-bond acceptors (Lipinski definition) is 8. The summed E-state index contributed by atoms with van der Waals surface area (Å²) in [6.07, 6.45) is 6.88. The number of rotatable bonds is 9. The molecule has 2 atom stereocenters. The number of hydrogen-bond donors (Lipinski definition) is 2. The van der Waals surface area contributed by atoms with Crippen LogP contribution in [0.5, 0.6) is 0 Å². The Kier molecular flexibility index (Phi) is 7.71. The number of aromatic nitrogens is 1. The first-order valence-corrected chi connectivity index (χ1v) is 16.8. The third kappa shape index (κ3) is 5.04. The second-order valence-electron chi connectivity index (χ2n) is 10.4. The van der Waals surface area contributed by atoms with Crippen molar-refractivity contribution in [2.75, 3.05) is 44.4 Å². The minimum atomic E-state index is -4.09. The van der Waals surface area contributed by atoms with E-state index >= 15 is 0 Å². The molecule has 2 N–H and O–H groups in total. The number of nitrogens with one attached hydrogen (secondary N) is 2. The Morgan fingerprint density at radius 2 is 1.92 bits per heavy atom. The van der Waals surface area contributed by atoms with Gasteiger partial charge in [-0.1, -0.05) is 11.6 Å². The van der Waals surface area contributed by atoms with Crippen molar-refractivity contribution in [2.24, 2.45) is 5.92 Å². The third-order valence-electron chi connectivity index (χ3n) is 8.12. The fourth-order valence-electron chi connectivity index (χ4n) is 6.22. The maximum Gasteiger partial charge on any atom is 0.244 e. The van der Waals surface area contributed by atoms with E-state index in [0.717, 1.165) is 24.9 Å². The highest BCUT2D eigenvalue weighted by Crippen LogP contribution is 2.50. The second-order valence-corrected chi connectivity index (χ2v) is 14.5. The van der Waals surface area contributed by atoms with E-state index in [0.29, 0.717) is 63.4 Å². The normalized spacial score (nSPS) is 27.1. The Morgan fingerprint density at radius 3 is 2.63 bits per heavy atom. The van der Waals surface area contributed by atoms with E-state index in [1.165, 1.54) is 10.6 Å². The lowest BCUT2D eigenvalue weighted by atomic mass is 9.92. The zero-order valence-corrected chi connectivity index (χ0v) is 24.1. The molecule has 0 radical (unpaired) electrons. The van der Waals surface area contributed by atoms with Gasteiger partial charge in [0.15, 0.2) is 5.79 Å². The van der Waals surface area contributed by atoms with Crippen LogP contribution in [0.1, 0.15) is 45.4 Å². The molecule has 210 valence electrons. The highest BCUT2D eigenvalue weighted by atomic mass is 35.5. The highest BCUT2D eigenvalue weighted by Gasteiger charge is 2.62. The fraction of sp³-hybridized carbons (Fsp3) is 0.640. The van der Waals surface area contributed by atoms with Crippen molar-refractivity contribution in [3.05, 3.63) is 29.4 Å². The molecule has 1 aliphatic carbocycles. The lowest BCUT2D eigenvalue weighted by molar-refractivity contribution is -0.226. The quantitative estimate of drug-likeness (QED) is 0.458. The van der Waals surface area contributed by atoms with Crippen molar-refractivity contribution in [3.63, 3.8) is 0 Å². The summed E-state index contributed by atoms with van der Waals surface area (Å²) in [5.41, 5.74) is 0.182. The smallest absolute Gasteiger partial charge is 0.244 e. The molecule has 0 bridgehead atoms. The van der Waals surface area contributed by atoms with Gasteiger partial charge >= 0.3 is 0 Å². The highest BCUT2D eigenvalue weighted by molar-refractivity contribution is 7.90. The Labute approximate surface area is 229 Å². The Balaban J connectivity index is 1.40. The van der Waals surface area contributed by atoms with Gasteiger partial charge in [-0.15, -0.1) is 0 Å². The van der Waals surface area contributed by atoms with E-state index in [1.54, 1.807) is 18.3 Å². The molecule has 1 aromatic carbocycles. The van der Waals surface area contributed by atoms with Crippen LogP contribution in [0.4, 0.5) is 5.69 Å². The van der Waals surface area contributed by atoms with Crippen molar-refractivity contribution in [2.45, 2.75) is 61.7 Å². The van der Waals surface area contributed by atoms with Gasteiger partial charge < -0.3 is 14.8 Å². The van der Waals surface area contributed by atoms with E-state index in [-0.39, 0.29) is 15.4 Å². The molecule has 3 aliphatic rings. The van der Waals surface area contributed by atoms with Gasteiger partial charge in [-0.25, -0.2) is 21.1 Å². The number of piperidine rings is 1. The number of anilines is 1. The minimum Gasteiger partial charge on any atom is -0.384 e. The fourth-order valence-corrected chi connectivity index (χ4v) is 9.27. The van der Waals surface area contributed by atoms with Gasteiger partial charge in [0.05, 0.1) is 28.9 Å². The summed E-state index contributed by atoms with van der Waals surface area (Å²) in [7, 11) is -7.26. The van der Waals surface area contributed by atoms with Crippen molar-refractivity contribution >= 4 is 48.2 Å². The number of halogens is 1. The lowest BCUT2D eigenvalue weighted by Gasteiger charge is -2.39. The summed E-state index contributed by atoms with van der Waals surface area (Å²) in [5, 5.41) is 4.18. The van der Waals surface area contributed by atoms with Crippen molar-refractivity contribution < 1.29 is 26.3 Å². The van der Waals surface area contributed by atoms with Gasteiger partial charge in [0.2, 0.25) is 20.0 Å². The molecule has 2 aromatic rings. The molecule has 2 aliphatic heterocycles. The topological polar surface area (TPSA) is 127 Å². The van der Waals surface area contributed by atoms with E-state index in [2.05, 4.69) is 15.0 Å². The minimum absolute atomic E-state index is 0.0552. The molecular formula is C25H35ClN4O6S2. The summed E-state index contributed by atoms with van der Waals surface area (Å²) in [6.45, 7) is 4.35. The average Bonchev–Trinajstić information content (AvgIpc) is 3.35. The molecular weight excluding hydrogens is 552 g/mol. The predicted molar refractivity (Wildman–Crippen MR) is 146 cm³/mol.